The van der Waals surface area contributed by atoms with Gasteiger partial charge in [-0.05, 0) is 43.8 Å². The van der Waals surface area contributed by atoms with Crippen LogP contribution >= 0.6 is 11.3 Å². The molecule has 92 valence electrons. The predicted molar refractivity (Wildman–Crippen MR) is 71.2 cm³/mol. The number of hydrogen-bond acceptors (Lipinski definition) is 3. The van der Waals surface area contributed by atoms with Gasteiger partial charge in [0.05, 0.1) is 11.6 Å². The smallest absolute Gasteiger partial charge is 0.0842 e. The molecule has 0 bridgehead atoms. The Morgan fingerprint density at radius 3 is 2.56 bits per heavy atom. The van der Waals surface area contributed by atoms with E-state index in [1.165, 1.54) is 10.4 Å². The van der Waals surface area contributed by atoms with E-state index in [9.17, 15) is 0 Å². The number of likely N-dealkylation sites (N-methyl/N-ethyl adjacent to an activating group) is 1. The van der Waals surface area contributed by atoms with Crippen LogP contribution in [-0.4, -0.2) is 19.3 Å². The van der Waals surface area contributed by atoms with Gasteiger partial charge >= 0.3 is 0 Å². The van der Waals surface area contributed by atoms with Crippen LogP contribution in [0.25, 0.3) is 0 Å². The van der Waals surface area contributed by atoms with Gasteiger partial charge in [-0.15, -0.1) is 11.3 Å². The fourth-order valence-electron chi connectivity index (χ4n) is 2.02. The Kier molecular flexibility index (Phi) is 4.96. The minimum atomic E-state index is -0.137. The lowest BCUT2D eigenvalue weighted by molar-refractivity contribution is -0.0296. The largest absolute Gasteiger partial charge is 0.377 e. The Labute approximate surface area is 103 Å². The van der Waals surface area contributed by atoms with Gasteiger partial charge in [-0.1, -0.05) is 13.8 Å². The lowest BCUT2D eigenvalue weighted by Gasteiger charge is -2.36. The summed E-state index contributed by atoms with van der Waals surface area (Å²) in [4.78, 5) is 1.38. The molecule has 0 spiro atoms. The monoisotopic (exact) mass is 241 g/mol. The second kappa shape index (κ2) is 5.80. The molecule has 2 atom stereocenters. The SMILES string of the molecule is CCNC(c1ccsc1C)C(C)(CC)OC. The van der Waals surface area contributed by atoms with Crippen LogP contribution in [-0.2, 0) is 4.74 Å². The van der Waals surface area contributed by atoms with Crippen LogP contribution in [0, 0.1) is 6.92 Å². The normalized spacial score (nSPS) is 17.1. The molecule has 0 aromatic carbocycles. The van der Waals surface area contributed by atoms with Gasteiger partial charge in [-0.25, -0.2) is 0 Å². The van der Waals surface area contributed by atoms with Gasteiger partial charge in [0.25, 0.3) is 0 Å². The Balaban J connectivity index is 3.03. The average molecular weight is 241 g/mol. The van der Waals surface area contributed by atoms with Gasteiger partial charge in [0, 0.05) is 12.0 Å². The Morgan fingerprint density at radius 1 is 1.50 bits per heavy atom. The molecule has 2 unspecified atom stereocenters. The first-order valence-electron chi connectivity index (χ1n) is 5.91. The summed E-state index contributed by atoms with van der Waals surface area (Å²) in [6.07, 6.45) is 0.996. The van der Waals surface area contributed by atoms with Crippen molar-refractivity contribution in [3.8, 4) is 0 Å². The van der Waals surface area contributed by atoms with Crippen molar-refractivity contribution in [2.75, 3.05) is 13.7 Å². The van der Waals surface area contributed by atoms with Crippen LogP contribution in [0.5, 0.6) is 0 Å². The minimum Gasteiger partial charge on any atom is -0.377 e. The lowest BCUT2D eigenvalue weighted by atomic mass is 9.88. The molecule has 0 saturated carbocycles. The third-order valence-corrected chi connectivity index (χ3v) is 4.26. The van der Waals surface area contributed by atoms with Gasteiger partial charge in [-0.3, -0.25) is 0 Å². The zero-order valence-corrected chi connectivity index (χ0v) is 11.8. The van der Waals surface area contributed by atoms with Crippen molar-refractivity contribution in [1.82, 2.24) is 5.32 Å². The van der Waals surface area contributed by atoms with E-state index in [0.717, 1.165) is 13.0 Å². The van der Waals surface area contributed by atoms with Gasteiger partial charge in [-0.2, -0.15) is 0 Å². The van der Waals surface area contributed by atoms with Crippen molar-refractivity contribution in [2.24, 2.45) is 0 Å². The van der Waals surface area contributed by atoms with Gasteiger partial charge in [0.2, 0.25) is 0 Å². The minimum absolute atomic E-state index is 0.137. The Bertz CT molecular complexity index is 317. The predicted octanol–water partition coefficient (Wildman–Crippen LogP) is 3.52. The first kappa shape index (κ1) is 13.7. The first-order chi connectivity index (χ1) is 7.59. The molecule has 16 heavy (non-hydrogen) atoms. The van der Waals surface area contributed by atoms with E-state index >= 15 is 0 Å². The molecule has 0 saturated heterocycles. The van der Waals surface area contributed by atoms with Crippen LogP contribution in [0.4, 0.5) is 0 Å². The van der Waals surface area contributed by atoms with E-state index in [-0.39, 0.29) is 11.6 Å². The number of methoxy groups -OCH3 is 1. The third-order valence-electron chi connectivity index (χ3n) is 3.40. The van der Waals surface area contributed by atoms with Crippen LogP contribution in [0.3, 0.4) is 0 Å². The van der Waals surface area contributed by atoms with Crippen molar-refractivity contribution in [3.63, 3.8) is 0 Å². The topological polar surface area (TPSA) is 21.3 Å². The van der Waals surface area contributed by atoms with Crippen molar-refractivity contribution in [2.45, 2.75) is 45.8 Å². The standard InChI is InChI=1S/C13H23NOS/c1-6-13(4,15-5)12(14-7-2)11-8-9-16-10(11)3/h8-9,12,14H,6-7H2,1-5H3. The highest BCUT2D eigenvalue weighted by Gasteiger charge is 2.34. The summed E-state index contributed by atoms with van der Waals surface area (Å²) in [6.45, 7) is 9.63. The number of aryl methyl sites for hydroxylation is 1. The summed E-state index contributed by atoms with van der Waals surface area (Å²) < 4.78 is 5.72. The zero-order valence-electron chi connectivity index (χ0n) is 11.0. The van der Waals surface area contributed by atoms with E-state index in [4.69, 9.17) is 4.74 Å². The average Bonchev–Trinajstić information content (AvgIpc) is 2.71. The van der Waals surface area contributed by atoms with E-state index in [2.05, 4.69) is 44.5 Å². The number of ether oxygens (including phenoxy) is 1. The molecule has 0 amide bonds. The maximum Gasteiger partial charge on any atom is 0.0842 e. The lowest BCUT2D eigenvalue weighted by Crippen LogP contribution is -2.42. The van der Waals surface area contributed by atoms with Crippen LogP contribution in [0.15, 0.2) is 11.4 Å². The molecule has 0 aliphatic carbocycles. The summed E-state index contributed by atoms with van der Waals surface area (Å²) >= 11 is 1.80. The number of hydrogen-bond donors (Lipinski definition) is 1. The molecule has 0 radical (unpaired) electrons. The Hall–Kier alpha value is -0.380. The van der Waals surface area contributed by atoms with Crippen LogP contribution in [0.1, 0.15) is 43.7 Å². The van der Waals surface area contributed by atoms with E-state index in [1.807, 2.05) is 0 Å². The van der Waals surface area contributed by atoms with Crippen molar-refractivity contribution in [1.29, 1.82) is 0 Å². The number of rotatable bonds is 6. The van der Waals surface area contributed by atoms with E-state index in [1.54, 1.807) is 18.4 Å². The molecule has 3 heteroatoms. The summed E-state index contributed by atoms with van der Waals surface area (Å²) in [5.41, 5.74) is 1.24. The molecule has 2 nitrogen and oxygen atoms in total. The molecular formula is C13H23NOS. The fraction of sp³-hybridized carbons (Fsp3) is 0.692. The highest BCUT2D eigenvalue weighted by molar-refractivity contribution is 7.10. The van der Waals surface area contributed by atoms with Gasteiger partial charge in [0.1, 0.15) is 0 Å². The molecule has 0 fully saturated rings. The van der Waals surface area contributed by atoms with Crippen molar-refractivity contribution in [3.05, 3.63) is 21.9 Å². The molecule has 1 N–H and O–H groups in total. The first-order valence-corrected chi connectivity index (χ1v) is 6.79. The van der Waals surface area contributed by atoms with Crippen LogP contribution < -0.4 is 5.32 Å². The molecule has 0 aliphatic rings. The molecule has 0 aliphatic heterocycles. The summed E-state index contributed by atoms with van der Waals surface area (Å²) in [5.74, 6) is 0. The number of thiophene rings is 1. The quantitative estimate of drug-likeness (QED) is 0.822. The maximum atomic E-state index is 5.72. The summed E-state index contributed by atoms with van der Waals surface area (Å²) in [5, 5.41) is 5.70. The summed E-state index contributed by atoms with van der Waals surface area (Å²) in [7, 11) is 1.80. The second-order valence-electron chi connectivity index (χ2n) is 4.29. The van der Waals surface area contributed by atoms with E-state index < -0.39 is 0 Å². The van der Waals surface area contributed by atoms with Crippen LogP contribution in [0.2, 0.25) is 0 Å². The molecule has 1 rings (SSSR count). The Morgan fingerprint density at radius 2 is 2.19 bits per heavy atom. The molecular weight excluding hydrogens is 218 g/mol. The fourth-order valence-corrected chi connectivity index (χ4v) is 2.76. The number of nitrogens with one attached hydrogen (secondary N) is 1. The zero-order chi connectivity index (χ0) is 12.2. The summed E-state index contributed by atoms with van der Waals surface area (Å²) in [6, 6.07) is 2.49. The van der Waals surface area contributed by atoms with Gasteiger partial charge < -0.3 is 10.1 Å². The maximum absolute atomic E-state index is 5.72. The molecule has 1 aromatic heterocycles. The third kappa shape index (κ3) is 2.65. The highest BCUT2D eigenvalue weighted by atomic mass is 32.1. The second-order valence-corrected chi connectivity index (χ2v) is 5.41. The highest BCUT2D eigenvalue weighted by Crippen LogP contribution is 2.34. The van der Waals surface area contributed by atoms with Gasteiger partial charge in [0.15, 0.2) is 0 Å². The van der Waals surface area contributed by atoms with Crippen molar-refractivity contribution < 1.29 is 4.74 Å². The van der Waals surface area contributed by atoms with E-state index in [0.29, 0.717) is 0 Å². The van der Waals surface area contributed by atoms with Crippen molar-refractivity contribution >= 4 is 11.3 Å². The molecule has 1 heterocycles. The molecule has 1 aromatic rings.